The molecule has 0 saturated carbocycles. The van der Waals surface area contributed by atoms with Gasteiger partial charge in [0.05, 0.1) is 10.9 Å². The Kier molecular flexibility index (Phi) is 7.98. The number of hydrogen-bond acceptors (Lipinski definition) is 5. The molecule has 0 radical (unpaired) electrons. The van der Waals surface area contributed by atoms with E-state index in [0.717, 1.165) is 35.1 Å². The van der Waals surface area contributed by atoms with Crippen LogP contribution in [0.25, 0.3) is 16.3 Å². The summed E-state index contributed by atoms with van der Waals surface area (Å²) in [6, 6.07) is 5.32. The van der Waals surface area contributed by atoms with Crippen LogP contribution in [0.5, 0.6) is 0 Å². The predicted octanol–water partition coefficient (Wildman–Crippen LogP) is 3.81. The quantitative estimate of drug-likeness (QED) is 0.440. The first-order chi connectivity index (χ1) is 17.9. The normalized spacial score (nSPS) is 15.3. The molecule has 1 aliphatic rings. The summed E-state index contributed by atoms with van der Waals surface area (Å²) >= 11 is 1.13. The molecule has 1 aromatic carbocycles. The number of piperazine rings is 1. The number of likely N-dealkylation sites (N-methyl/N-ethyl adjacent to an activating group) is 1. The summed E-state index contributed by atoms with van der Waals surface area (Å²) < 4.78 is 43.8. The lowest BCUT2D eigenvalue weighted by atomic mass is 10.0. The molecule has 3 aromatic rings. The summed E-state index contributed by atoms with van der Waals surface area (Å²) in [4.78, 5) is 44.0. The molecule has 204 valence electrons. The van der Waals surface area contributed by atoms with Crippen molar-refractivity contribution in [3.05, 3.63) is 72.7 Å². The van der Waals surface area contributed by atoms with Crippen molar-refractivity contribution in [2.45, 2.75) is 33.0 Å². The van der Waals surface area contributed by atoms with E-state index in [2.05, 4.69) is 4.90 Å². The largest absolute Gasteiger partial charge is 0.416 e. The minimum atomic E-state index is -4.55. The fourth-order valence-corrected chi connectivity index (χ4v) is 5.94. The SMILES string of the molecule is CC(C)Cn1c(=O)n(C)c(=O)c2c(C=CC(=O)N3CCN(C)CC3)c(Cc3ccccc3C(F)(F)F)sc21. The van der Waals surface area contributed by atoms with E-state index < -0.39 is 23.0 Å². The summed E-state index contributed by atoms with van der Waals surface area (Å²) in [5.74, 6) is -0.144. The molecule has 0 spiro atoms. The average molecular weight is 549 g/mol. The molecule has 3 heterocycles. The van der Waals surface area contributed by atoms with Crippen LogP contribution in [0.15, 0.2) is 39.9 Å². The van der Waals surface area contributed by atoms with Crippen molar-refractivity contribution >= 4 is 33.5 Å². The summed E-state index contributed by atoms with van der Waals surface area (Å²) in [6.07, 6.45) is -1.74. The van der Waals surface area contributed by atoms with Crippen molar-refractivity contribution in [3.63, 3.8) is 0 Å². The third-order valence-electron chi connectivity index (χ3n) is 6.71. The van der Waals surface area contributed by atoms with Crippen molar-refractivity contribution < 1.29 is 18.0 Å². The zero-order valence-corrected chi connectivity index (χ0v) is 22.7. The number of aromatic nitrogens is 2. The molecular formula is C27H31F3N4O3S. The zero-order chi connectivity index (χ0) is 27.8. The van der Waals surface area contributed by atoms with Gasteiger partial charge in [-0.05, 0) is 30.7 Å². The topological polar surface area (TPSA) is 67.5 Å². The summed E-state index contributed by atoms with van der Waals surface area (Å²) in [6.45, 7) is 6.81. The van der Waals surface area contributed by atoms with Gasteiger partial charge >= 0.3 is 11.9 Å². The van der Waals surface area contributed by atoms with E-state index in [-0.39, 0.29) is 29.2 Å². The first-order valence-electron chi connectivity index (χ1n) is 12.4. The molecular weight excluding hydrogens is 517 g/mol. The van der Waals surface area contributed by atoms with Gasteiger partial charge in [0.1, 0.15) is 4.83 Å². The number of fused-ring (bicyclic) bond motifs is 1. The van der Waals surface area contributed by atoms with Gasteiger partial charge in [0.2, 0.25) is 5.91 Å². The number of thiophene rings is 1. The van der Waals surface area contributed by atoms with E-state index in [4.69, 9.17) is 0 Å². The molecule has 1 saturated heterocycles. The van der Waals surface area contributed by atoms with Gasteiger partial charge in [-0.3, -0.25) is 18.7 Å². The van der Waals surface area contributed by atoms with Crippen LogP contribution in [0.3, 0.4) is 0 Å². The van der Waals surface area contributed by atoms with Gasteiger partial charge in [-0.2, -0.15) is 13.2 Å². The van der Waals surface area contributed by atoms with Crippen molar-refractivity contribution in [1.82, 2.24) is 18.9 Å². The Hall–Kier alpha value is -3.18. The molecule has 38 heavy (non-hydrogen) atoms. The number of rotatable bonds is 6. The van der Waals surface area contributed by atoms with Crippen LogP contribution in [0.2, 0.25) is 0 Å². The molecule has 2 aromatic heterocycles. The smallest absolute Gasteiger partial charge is 0.337 e. The second-order valence-electron chi connectivity index (χ2n) is 10.1. The van der Waals surface area contributed by atoms with Gasteiger partial charge in [0.15, 0.2) is 0 Å². The Morgan fingerprint density at radius 1 is 1.08 bits per heavy atom. The molecule has 0 atom stereocenters. The molecule has 4 rings (SSSR count). The van der Waals surface area contributed by atoms with Gasteiger partial charge in [-0.25, -0.2) is 4.79 Å². The van der Waals surface area contributed by atoms with Crippen LogP contribution in [-0.2, 0) is 31.0 Å². The highest BCUT2D eigenvalue weighted by Crippen LogP contribution is 2.36. The lowest BCUT2D eigenvalue weighted by molar-refractivity contribution is -0.138. The van der Waals surface area contributed by atoms with E-state index in [9.17, 15) is 27.6 Å². The number of nitrogens with zero attached hydrogens (tertiary/aromatic N) is 4. The Morgan fingerprint density at radius 2 is 1.74 bits per heavy atom. The van der Waals surface area contributed by atoms with E-state index in [0.29, 0.717) is 34.9 Å². The maximum atomic E-state index is 13.8. The number of carbonyl (C=O) groups excluding carboxylic acids is 1. The van der Waals surface area contributed by atoms with Crippen molar-refractivity contribution in [2.24, 2.45) is 13.0 Å². The lowest BCUT2D eigenvalue weighted by Crippen LogP contribution is -2.46. The highest BCUT2D eigenvalue weighted by atomic mass is 32.1. The van der Waals surface area contributed by atoms with Gasteiger partial charge in [-0.15, -0.1) is 11.3 Å². The van der Waals surface area contributed by atoms with Crippen molar-refractivity contribution in [2.75, 3.05) is 33.2 Å². The maximum Gasteiger partial charge on any atom is 0.416 e. The molecule has 11 heteroatoms. The second kappa shape index (κ2) is 10.9. The second-order valence-corrected chi connectivity index (χ2v) is 11.1. The predicted molar refractivity (Wildman–Crippen MR) is 144 cm³/mol. The van der Waals surface area contributed by atoms with Crippen LogP contribution in [0.4, 0.5) is 13.2 Å². The monoisotopic (exact) mass is 548 g/mol. The highest BCUT2D eigenvalue weighted by molar-refractivity contribution is 7.19. The van der Waals surface area contributed by atoms with Gasteiger partial charge in [-0.1, -0.05) is 32.0 Å². The molecule has 1 fully saturated rings. The number of halogens is 3. The minimum Gasteiger partial charge on any atom is -0.337 e. The third-order valence-corrected chi connectivity index (χ3v) is 7.94. The van der Waals surface area contributed by atoms with E-state index in [1.54, 1.807) is 4.90 Å². The van der Waals surface area contributed by atoms with Gasteiger partial charge < -0.3 is 9.80 Å². The number of amides is 1. The number of benzene rings is 1. The first-order valence-corrected chi connectivity index (χ1v) is 13.3. The Bertz CT molecular complexity index is 1490. The molecule has 0 bridgehead atoms. The third kappa shape index (κ3) is 5.63. The Balaban J connectivity index is 1.89. The minimum absolute atomic E-state index is 0.0566. The maximum absolute atomic E-state index is 13.8. The van der Waals surface area contributed by atoms with Crippen LogP contribution < -0.4 is 11.2 Å². The molecule has 1 aliphatic heterocycles. The van der Waals surface area contributed by atoms with E-state index in [1.807, 2.05) is 20.9 Å². The molecule has 7 nitrogen and oxygen atoms in total. The summed E-state index contributed by atoms with van der Waals surface area (Å²) in [5, 5.41) is 0.236. The molecule has 1 amide bonds. The number of hydrogen-bond donors (Lipinski definition) is 0. The molecule has 0 unspecified atom stereocenters. The fraction of sp³-hybridized carbons (Fsp3) is 0.444. The zero-order valence-electron chi connectivity index (χ0n) is 21.8. The summed E-state index contributed by atoms with van der Waals surface area (Å²) in [5.41, 5.74) is -1.34. The van der Waals surface area contributed by atoms with E-state index in [1.165, 1.54) is 42.0 Å². The van der Waals surface area contributed by atoms with Crippen molar-refractivity contribution in [3.8, 4) is 0 Å². The summed E-state index contributed by atoms with van der Waals surface area (Å²) in [7, 11) is 3.37. The van der Waals surface area contributed by atoms with E-state index >= 15 is 0 Å². The van der Waals surface area contributed by atoms with Gasteiger partial charge in [0.25, 0.3) is 5.56 Å². The van der Waals surface area contributed by atoms with Crippen LogP contribution in [0, 0.1) is 5.92 Å². The van der Waals surface area contributed by atoms with Crippen molar-refractivity contribution in [1.29, 1.82) is 0 Å². The molecule has 0 N–H and O–H groups in total. The standard InChI is InChI=1S/C27H31F3N4O3S/c1-17(2)16-34-25-23(24(36)32(4)26(34)37)19(9-10-22(35)33-13-11-31(3)12-14-33)21(38-25)15-18-7-5-6-8-20(18)27(28,29)30/h5-10,17H,11-16H2,1-4H3. The highest BCUT2D eigenvalue weighted by Gasteiger charge is 2.33. The Labute approximate surface area is 222 Å². The molecule has 0 aliphatic carbocycles. The van der Waals surface area contributed by atoms with Crippen LogP contribution >= 0.6 is 11.3 Å². The van der Waals surface area contributed by atoms with Gasteiger partial charge in [0, 0.05) is 62.7 Å². The first kappa shape index (κ1) is 27.8. The van der Waals surface area contributed by atoms with Crippen LogP contribution in [0.1, 0.15) is 35.4 Å². The fourth-order valence-electron chi connectivity index (χ4n) is 4.64. The van der Waals surface area contributed by atoms with Crippen LogP contribution in [-0.4, -0.2) is 58.1 Å². The number of carbonyl (C=O) groups is 1. The lowest BCUT2D eigenvalue weighted by Gasteiger charge is -2.31. The Morgan fingerprint density at radius 3 is 2.37 bits per heavy atom. The average Bonchev–Trinajstić information content (AvgIpc) is 3.21. The number of alkyl halides is 3.